The number of aromatic nitrogens is 3. The van der Waals surface area contributed by atoms with Crippen LogP contribution in [0.2, 0.25) is 0 Å². The molecule has 1 atom stereocenters. The molecule has 0 bridgehead atoms. The van der Waals surface area contributed by atoms with Gasteiger partial charge in [-0.2, -0.15) is 5.10 Å². The number of benzene rings is 1. The van der Waals surface area contributed by atoms with Crippen LogP contribution >= 0.6 is 0 Å². The van der Waals surface area contributed by atoms with E-state index in [-0.39, 0.29) is 18.2 Å². The first kappa shape index (κ1) is 16.5. The van der Waals surface area contributed by atoms with Crippen LogP contribution in [0.5, 0.6) is 0 Å². The molecule has 128 valence electrons. The molecule has 1 N–H and O–H groups in total. The highest BCUT2D eigenvalue weighted by Crippen LogP contribution is 2.30. The van der Waals surface area contributed by atoms with Crippen molar-refractivity contribution in [3.63, 3.8) is 0 Å². The Bertz CT molecular complexity index is 735. The lowest BCUT2D eigenvalue weighted by Gasteiger charge is -2.34. The van der Waals surface area contributed by atoms with Gasteiger partial charge in [-0.3, -0.25) is 9.89 Å². The Kier molecular flexibility index (Phi) is 4.84. The number of rotatable bonds is 4. The van der Waals surface area contributed by atoms with Gasteiger partial charge in [0, 0.05) is 13.7 Å². The molecule has 1 aliphatic rings. The third kappa shape index (κ3) is 3.28. The van der Waals surface area contributed by atoms with E-state index >= 15 is 0 Å². The van der Waals surface area contributed by atoms with Gasteiger partial charge in [0.2, 0.25) is 0 Å². The molecule has 1 saturated heterocycles. The number of hydrogen-bond donors (Lipinski definition) is 1. The SMILES string of the molecule is COCc1nc(C2CCCCN2C(=O)c2cc(F)ccc2F)n[nH]1. The van der Waals surface area contributed by atoms with E-state index in [9.17, 15) is 13.6 Å². The summed E-state index contributed by atoms with van der Waals surface area (Å²) in [6, 6.07) is 2.52. The Morgan fingerprint density at radius 2 is 2.25 bits per heavy atom. The number of hydrogen-bond acceptors (Lipinski definition) is 4. The van der Waals surface area contributed by atoms with Crippen LogP contribution in [0.15, 0.2) is 18.2 Å². The number of nitrogens with one attached hydrogen (secondary N) is 1. The zero-order valence-corrected chi connectivity index (χ0v) is 13.3. The molecule has 1 aromatic carbocycles. The van der Waals surface area contributed by atoms with Gasteiger partial charge in [0.15, 0.2) is 11.6 Å². The van der Waals surface area contributed by atoms with Crippen molar-refractivity contribution in [2.75, 3.05) is 13.7 Å². The Balaban J connectivity index is 1.88. The van der Waals surface area contributed by atoms with Crippen LogP contribution in [0.4, 0.5) is 8.78 Å². The van der Waals surface area contributed by atoms with E-state index in [1.165, 1.54) is 4.90 Å². The number of ether oxygens (including phenoxy) is 1. The van der Waals surface area contributed by atoms with Gasteiger partial charge >= 0.3 is 0 Å². The normalized spacial score (nSPS) is 18.0. The highest BCUT2D eigenvalue weighted by atomic mass is 19.1. The average molecular weight is 336 g/mol. The molecule has 0 radical (unpaired) electrons. The fourth-order valence-corrected chi connectivity index (χ4v) is 2.92. The summed E-state index contributed by atoms with van der Waals surface area (Å²) in [6.07, 6.45) is 2.38. The summed E-state index contributed by atoms with van der Waals surface area (Å²) in [6.45, 7) is 0.736. The zero-order chi connectivity index (χ0) is 17.1. The molecule has 6 nitrogen and oxygen atoms in total. The number of likely N-dealkylation sites (tertiary alicyclic amines) is 1. The van der Waals surface area contributed by atoms with Gasteiger partial charge in [0.25, 0.3) is 5.91 Å². The molecule has 3 rings (SSSR count). The summed E-state index contributed by atoms with van der Waals surface area (Å²) in [5, 5.41) is 6.91. The van der Waals surface area contributed by atoms with Crippen molar-refractivity contribution >= 4 is 5.91 Å². The van der Waals surface area contributed by atoms with E-state index in [0.717, 1.165) is 31.0 Å². The topological polar surface area (TPSA) is 71.1 Å². The van der Waals surface area contributed by atoms with Crippen molar-refractivity contribution in [1.82, 2.24) is 20.1 Å². The molecule has 0 spiro atoms. The lowest BCUT2D eigenvalue weighted by molar-refractivity contribution is 0.0594. The van der Waals surface area contributed by atoms with E-state index in [1.807, 2.05) is 0 Å². The lowest BCUT2D eigenvalue weighted by Crippen LogP contribution is -2.39. The van der Waals surface area contributed by atoms with Crippen molar-refractivity contribution in [3.05, 3.63) is 47.0 Å². The van der Waals surface area contributed by atoms with E-state index in [4.69, 9.17) is 4.74 Å². The van der Waals surface area contributed by atoms with Gasteiger partial charge in [-0.05, 0) is 37.5 Å². The molecule has 2 aromatic rings. The first-order chi connectivity index (χ1) is 11.6. The molecule has 1 amide bonds. The third-order valence-corrected chi connectivity index (χ3v) is 4.05. The summed E-state index contributed by atoms with van der Waals surface area (Å²) in [5.74, 6) is -0.904. The molecule has 1 aromatic heterocycles. The van der Waals surface area contributed by atoms with Crippen LogP contribution in [-0.4, -0.2) is 39.6 Å². The number of carbonyl (C=O) groups is 1. The second-order valence-corrected chi connectivity index (χ2v) is 5.71. The molecular formula is C16H18F2N4O2. The van der Waals surface area contributed by atoms with E-state index < -0.39 is 17.5 Å². The maximum absolute atomic E-state index is 13.9. The molecule has 8 heteroatoms. The highest BCUT2D eigenvalue weighted by molar-refractivity contribution is 5.94. The Morgan fingerprint density at radius 3 is 3.04 bits per heavy atom. The van der Waals surface area contributed by atoms with Crippen LogP contribution in [0, 0.1) is 11.6 Å². The van der Waals surface area contributed by atoms with E-state index in [0.29, 0.717) is 24.6 Å². The van der Waals surface area contributed by atoms with Gasteiger partial charge in [-0.25, -0.2) is 13.8 Å². The molecule has 1 fully saturated rings. The molecule has 0 saturated carbocycles. The van der Waals surface area contributed by atoms with Crippen LogP contribution in [-0.2, 0) is 11.3 Å². The van der Waals surface area contributed by atoms with Crippen molar-refractivity contribution in [2.24, 2.45) is 0 Å². The Morgan fingerprint density at radius 1 is 1.42 bits per heavy atom. The minimum Gasteiger partial charge on any atom is -0.377 e. The molecule has 2 heterocycles. The first-order valence-electron chi connectivity index (χ1n) is 7.76. The zero-order valence-electron chi connectivity index (χ0n) is 13.3. The second-order valence-electron chi connectivity index (χ2n) is 5.71. The number of amides is 1. The fraction of sp³-hybridized carbons (Fsp3) is 0.438. The van der Waals surface area contributed by atoms with Crippen LogP contribution in [0.3, 0.4) is 0 Å². The van der Waals surface area contributed by atoms with Gasteiger partial charge < -0.3 is 9.64 Å². The smallest absolute Gasteiger partial charge is 0.257 e. The Hall–Kier alpha value is -2.35. The monoisotopic (exact) mass is 336 g/mol. The highest BCUT2D eigenvalue weighted by Gasteiger charge is 2.32. The summed E-state index contributed by atoms with van der Waals surface area (Å²) in [7, 11) is 1.55. The predicted molar refractivity (Wildman–Crippen MR) is 81.1 cm³/mol. The summed E-state index contributed by atoms with van der Waals surface area (Å²) in [4.78, 5) is 18.6. The Labute approximate surface area is 137 Å². The molecule has 1 aliphatic heterocycles. The maximum atomic E-state index is 13.9. The van der Waals surface area contributed by atoms with E-state index in [2.05, 4.69) is 15.2 Å². The number of methoxy groups -OCH3 is 1. The maximum Gasteiger partial charge on any atom is 0.257 e. The number of nitrogens with zero attached hydrogens (tertiary/aromatic N) is 3. The molecule has 0 aliphatic carbocycles. The standard InChI is InChI=1S/C16H18F2N4O2/c1-24-9-14-19-15(21-20-14)13-4-2-3-7-22(13)16(23)11-8-10(17)5-6-12(11)18/h5-6,8,13H,2-4,7,9H2,1H3,(H,19,20,21). The minimum absolute atomic E-state index is 0.269. The first-order valence-corrected chi connectivity index (χ1v) is 7.76. The van der Waals surface area contributed by atoms with Gasteiger partial charge in [0.1, 0.15) is 18.2 Å². The lowest BCUT2D eigenvalue weighted by atomic mass is 10.00. The number of H-pyrrole nitrogens is 1. The van der Waals surface area contributed by atoms with Gasteiger partial charge in [-0.15, -0.1) is 0 Å². The number of halogens is 2. The van der Waals surface area contributed by atoms with Crippen molar-refractivity contribution in [1.29, 1.82) is 0 Å². The fourth-order valence-electron chi connectivity index (χ4n) is 2.92. The molecule has 1 unspecified atom stereocenters. The largest absolute Gasteiger partial charge is 0.377 e. The molecule has 24 heavy (non-hydrogen) atoms. The summed E-state index contributed by atoms with van der Waals surface area (Å²) in [5.41, 5.74) is -0.269. The number of piperidine rings is 1. The van der Waals surface area contributed by atoms with E-state index in [1.54, 1.807) is 7.11 Å². The van der Waals surface area contributed by atoms with Crippen LogP contribution in [0.25, 0.3) is 0 Å². The van der Waals surface area contributed by atoms with Gasteiger partial charge in [0.05, 0.1) is 11.6 Å². The predicted octanol–water partition coefficient (Wildman–Crippen LogP) is 2.60. The van der Waals surface area contributed by atoms with Crippen molar-refractivity contribution in [2.45, 2.75) is 31.9 Å². The number of aromatic amines is 1. The summed E-state index contributed by atoms with van der Waals surface area (Å²) < 4.78 is 32.3. The second kappa shape index (κ2) is 7.04. The van der Waals surface area contributed by atoms with Crippen LogP contribution in [0.1, 0.15) is 47.3 Å². The van der Waals surface area contributed by atoms with Gasteiger partial charge in [-0.1, -0.05) is 0 Å². The summed E-state index contributed by atoms with van der Waals surface area (Å²) >= 11 is 0. The minimum atomic E-state index is -0.735. The van der Waals surface area contributed by atoms with Crippen molar-refractivity contribution in [3.8, 4) is 0 Å². The third-order valence-electron chi connectivity index (χ3n) is 4.05. The number of carbonyl (C=O) groups excluding carboxylic acids is 1. The quantitative estimate of drug-likeness (QED) is 0.932. The average Bonchev–Trinajstić information content (AvgIpc) is 3.05. The molecular weight excluding hydrogens is 318 g/mol. The van der Waals surface area contributed by atoms with Crippen molar-refractivity contribution < 1.29 is 18.3 Å². The van der Waals surface area contributed by atoms with Crippen LogP contribution < -0.4 is 0 Å².